The molecule has 2 aliphatic rings. The predicted octanol–water partition coefficient (Wildman–Crippen LogP) is 2.02. The van der Waals surface area contributed by atoms with Crippen LogP contribution in [0, 0.1) is 0 Å². The van der Waals surface area contributed by atoms with E-state index in [0.29, 0.717) is 11.1 Å². The van der Waals surface area contributed by atoms with Crippen LogP contribution in [0.5, 0.6) is 0 Å². The molecule has 3 heteroatoms. The van der Waals surface area contributed by atoms with Gasteiger partial charge in [0, 0.05) is 44.4 Å². The van der Waals surface area contributed by atoms with Crippen LogP contribution in [-0.2, 0) is 4.74 Å². The SMILES string of the molecule is COCCCN1CC2(CCCC2)NCC1(C)C. The molecule has 0 amide bonds. The molecular weight excluding hydrogens is 212 g/mol. The fraction of sp³-hybridized carbons (Fsp3) is 1.00. The minimum atomic E-state index is 0.293. The van der Waals surface area contributed by atoms with Gasteiger partial charge in [-0.15, -0.1) is 0 Å². The van der Waals surface area contributed by atoms with E-state index in [-0.39, 0.29) is 0 Å². The van der Waals surface area contributed by atoms with E-state index in [1.165, 1.54) is 38.8 Å². The van der Waals surface area contributed by atoms with Crippen LogP contribution in [0.4, 0.5) is 0 Å². The minimum Gasteiger partial charge on any atom is -0.385 e. The zero-order valence-corrected chi connectivity index (χ0v) is 11.7. The zero-order valence-electron chi connectivity index (χ0n) is 11.7. The minimum absolute atomic E-state index is 0.293. The van der Waals surface area contributed by atoms with Crippen molar-refractivity contribution >= 4 is 0 Å². The van der Waals surface area contributed by atoms with Crippen molar-refractivity contribution in [3.8, 4) is 0 Å². The monoisotopic (exact) mass is 240 g/mol. The van der Waals surface area contributed by atoms with E-state index in [1.54, 1.807) is 7.11 Å². The molecule has 1 saturated carbocycles. The summed E-state index contributed by atoms with van der Waals surface area (Å²) in [7, 11) is 1.79. The van der Waals surface area contributed by atoms with Gasteiger partial charge in [0.05, 0.1) is 0 Å². The lowest BCUT2D eigenvalue weighted by atomic mass is 9.87. The second-order valence-corrected chi connectivity index (χ2v) is 6.42. The Morgan fingerprint density at radius 3 is 2.59 bits per heavy atom. The largest absolute Gasteiger partial charge is 0.385 e. The van der Waals surface area contributed by atoms with E-state index < -0.39 is 0 Å². The normalized spacial score (nSPS) is 27.7. The molecule has 100 valence electrons. The van der Waals surface area contributed by atoms with Crippen LogP contribution < -0.4 is 5.32 Å². The third-order valence-electron chi connectivity index (χ3n) is 4.58. The fourth-order valence-corrected chi connectivity index (χ4v) is 3.32. The lowest BCUT2D eigenvalue weighted by Gasteiger charge is -2.51. The van der Waals surface area contributed by atoms with Gasteiger partial charge in [-0.2, -0.15) is 0 Å². The van der Waals surface area contributed by atoms with Crippen LogP contribution in [0.1, 0.15) is 46.0 Å². The van der Waals surface area contributed by atoms with E-state index in [2.05, 4.69) is 24.1 Å². The van der Waals surface area contributed by atoms with Gasteiger partial charge in [-0.3, -0.25) is 4.90 Å². The third-order valence-corrected chi connectivity index (χ3v) is 4.58. The molecule has 1 aliphatic carbocycles. The van der Waals surface area contributed by atoms with Crippen LogP contribution in [0.2, 0.25) is 0 Å². The molecule has 0 bridgehead atoms. The topological polar surface area (TPSA) is 24.5 Å². The average Bonchev–Trinajstić information content (AvgIpc) is 2.73. The van der Waals surface area contributed by atoms with Crippen LogP contribution in [0.25, 0.3) is 0 Å². The summed E-state index contributed by atoms with van der Waals surface area (Å²) in [4.78, 5) is 2.67. The molecule has 0 radical (unpaired) electrons. The summed E-state index contributed by atoms with van der Waals surface area (Å²) in [6, 6.07) is 0. The van der Waals surface area contributed by atoms with E-state index in [4.69, 9.17) is 4.74 Å². The van der Waals surface area contributed by atoms with Crippen molar-refractivity contribution in [2.24, 2.45) is 0 Å². The molecule has 1 spiro atoms. The summed E-state index contributed by atoms with van der Waals surface area (Å²) in [5.74, 6) is 0. The third kappa shape index (κ3) is 3.01. The molecule has 17 heavy (non-hydrogen) atoms. The van der Waals surface area contributed by atoms with E-state index in [0.717, 1.165) is 19.6 Å². The second kappa shape index (κ2) is 5.25. The molecular formula is C14H28N2O. The summed E-state index contributed by atoms with van der Waals surface area (Å²) in [6.45, 7) is 9.12. The van der Waals surface area contributed by atoms with Crippen molar-refractivity contribution in [3.63, 3.8) is 0 Å². The maximum Gasteiger partial charge on any atom is 0.0474 e. The van der Waals surface area contributed by atoms with Crippen molar-refractivity contribution in [1.29, 1.82) is 0 Å². The standard InChI is InChI=1S/C14H28N2O/c1-13(2)11-15-14(7-4-5-8-14)12-16(13)9-6-10-17-3/h15H,4-12H2,1-3H3. The maximum absolute atomic E-state index is 5.18. The van der Waals surface area contributed by atoms with Gasteiger partial charge in [-0.25, -0.2) is 0 Å². The molecule has 1 aliphatic heterocycles. The fourth-order valence-electron chi connectivity index (χ4n) is 3.32. The summed E-state index contributed by atoms with van der Waals surface area (Å²) in [5.41, 5.74) is 0.726. The van der Waals surface area contributed by atoms with Gasteiger partial charge in [-0.1, -0.05) is 12.8 Å². The summed E-state index contributed by atoms with van der Waals surface area (Å²) in [6.07, 6.45) is 6.68. The lowest BCUT2D eigenvalue weighted by molar-refractivity contribution is 0.0222. The van der Waals surface area contributed by atoms with Gasteiger partial charge in [-0.05, 0) is 33.1 Å². The number of methoxy groups -OCH3 is 1. The Balaban J connectivity index is 1.94. The molecule has 0 aromatic heterocycles. The Morgan fingerprint density at radius 2 is 1.94 bits per heavy atom. The number of ether oxygens (including phenoxy) is 1. The van der Waals surface area contributed by atoms with Crippen LogP contribution >= 0.6 is 0 Å². The highest BCUT2D eigenvalue weighted by Crippen LogP contribution is 2.35. The van der Waals surface area contributed by atoms with Gasteiger partial charge >= 0.3 is 0 Å². The maximum atomic E-state index is 5.18. The average molecular weight is 240 g/mol. The molecule has 1 saturated heterocycles. The van der Waals surface area contributed by atoms with Gasteiger partial charge in [0.25, 0.3) is 0 Å². The molecule has 2 rings (SSSR count). The Bertz CT molecular complexity index is 247. The quantitative estimate of drug-likeness (QED) is 0.761. The summed E-state index contributed by atoms with van der Waals surface area (Å²) in [5, 5.41) is 3.83. The first-order valence-corrected chi connectivity index (χ1v) is 7.07. The van der Waals surface area contributed by atoms with Crippen molar-refractivity contribution < 1.29 is 4.74 Å². The number of nitrogens with one attached hydrogen (secondary N) is 1. The van der Waals surface area contributed by atoms with Crippen LogP contribution in [0.15, 0.2) is 0 Å². The zero-order chi connectivity index (χ0) is 12.4. The van der Waals surface area contributed by atoms with Crippen molar-refractivity contribution in [2.45, 2.75) is 57.0 Å². The molecule has 1 heterocycles. The Kier molecular flexibility index (Phi) is 4.11. The first-order valence-electron chi connectivity index (χ1n) is 7.07. The number of nitrogens with zero attached hydrogens (tertiary/aromatic N) is 1. The Labute approximate surface area is 106 Å². The van der Waals surface area contributed by atoms with Gasteiger partial charge in [0.15, 0.2) is 0 Å². The highest BCUT2D eigenvalue weighted by molar-refractivity contribution is 5.03. The number of piperazine rings is 1. The molecule has 0 unspecified atom stereocenters. The number of hydrogen-bond donors (Lipinski definition) is 1. The summed E-state index contributed by atoms with van der Waals surface area (Å²) >= 11 is 0. The summed E-state index contributed by atoms with van der Waals surface area (Å²) < 4.78 is 5.18. The molecule has 2 fully saturated rings. The van der Waals surface area contributed by atoms with Crippen LogP contribution in [0.3, 0.4) is 0 Å². The molecule has 1 N–H and O–H groups in total. The molecule has 0 aromatic carbocycles. The van der Waals surface area contributed by atoms with Crippen molar-refractivity contribution in [2.75, 3.05) is 33.4 Å². The van der Waals surface area contributed by atoms with E-state index in [9.17, 15) is 0 Å². The smallest absolute Gasteiger partial charge is 0.0474 e. The molecule has 0 aromatic rings. The van der Waals surface area contributed by atoms with Gasteiger partial charge in [0.1, 0.15) is 0 Å². The van der Waals surface area contributed by atoms with Gasteiger partial charge < -0.3 is 10.1 Å². The highest BCUT2D eigenvalue weighted by atomic mass is 16.5. The van der Waals surface area contributed by atoms with Gasteiger partial charge in [0.2, 0.25) is 0 Å². The van der Waals surface area contributed by atoms with E-state index in [1.807, 2.05) is 0 Å². The first-order chi connectivity index (χ1) is 8.08. The van der Waals surface area contributed by atoms with Crippen molar-refractivity contribution in [3.05, 3.63) is 0 Å². The number of rotatable bonds is 4. The van der Waals surface area contributed by atoms with Crippen LogP contribution in [-0.4, -0.2) is 49.3 Å². The number of hydrogen-bond acceptors (Lipinski definition) is 3. The Morgan fingerprint density at radius 1 is 1.24 bits per heavy atom. The van der Waals surface area contributed by atoms with Crippen molar-refractivity contribution in [1.82, 2.24) is 10.2 Å². The lowest BCUT2D eigenvalue weighted by Crippen LogP contribution is -2.67. The Hall–Kier alpha value is -0.120. The first kappa shape index (κ1) is 13.3. The highest BCUT2D eigenvalue weighted by Gasteiger charge is 2.43. The molecule has 0 atom stereocenters. The predicted molar refractivity (Wildman–Crippen MR) is 71.3 cm³/mol. The van der Waals surface area contributed by atoms with E-state index >= 15 is 0 Å². The second-order valence-electron chi connectivity index (χ2n) is 6.42. The molecule has 3 nitrogen and oxygen atoms in total.